The van der Waals surface area contributed by atoms with E-state index in [1.807, 2.05) is 5.38 Å². The molecule has 5 heteroatoms. The minimum Gasteiger partial charge on any atom is -0.335 e. The third-order valence-electron chi connectivity index (χ3n) is 2.27. The molecular formula is C12H11ClN2OS. The van der Waals surface area contributed by atoms with Gasteiger partial charge in [-0.15, -0.1) is 11.3 Å². The Hall–Kier alpha value is -1.39. The highest BCUT2D eigenvalue weighted by Gasteiger charge is 2.13. The van der Waals surface area contributed by atoms with Crippen LogP contribution >= 0.6 is 22.9 Å². The molecule has 0 aliphatic heterocycles. The van der Waals surface area contributed by atoms with Crippen LogP contribution < -0.4 is 0 Å². The van der Waals surface area contributed by atoms with Crippen molar-refractivity contribution < 1.29 is 4.79 Å². The molecule has 0 bridgehead atoms. The predicted molar refractivity (Wildman–Crippen MR) is 69.4 cm³/mol. The van der Waals surface area contributed by atoms with Crippen LogP contribution in [0.15, 0.2) is 35.8 Å². The fourth-order valence-electron chi connectivity index (χ4n) is 1.45. The predicted octanol–water partition coefficient (Wildman–Crippen LogP) is 3.07. The standard InChI is InChI=1S/C12H11ClN2OS/c1-15(8-11-14-5-6-17-11)12(16)9-3-2-4-10(13)7-9/h2-7H,8H2,1H3. The van der Waals surface area contributed by atoms with Crippen LogP contribution in [0.2, 0.25) is 5.02 Å². The molecule has 0 aliphatic rings. The molecule has 0 fully saturated rings. The largest absolute Gasteiger partial charge is 0.335 e. The number of amides is 1. The van der Waals surface area contributed by atoms with Crippen molar-refractivity contribution in [3.63, 3.8) is 0 Å². The first-order valence-electron chi connectivity index (χ1n) is 5.06. The van der Waals surface area contributed by atoms with E-state index in [0.29, 0.717) is 17.1 Å². The Balaban J connectivity index is 2.09. The van der Waals surface area contributed by atoms with Crippen LogP contribution in [0.1, 0.15) is 15.4 Å². The first kappa shape index (κ1) is 12.1. The van der Waals surface area contributed by atoms with Gasteiger partial charge in [-0.3, -0.25) is 4.79 Å². The summed E-state index contributed by atoms with van der Waals surface area (Å²) in [5, 5.41) is 3.38. The molecule has 1 aromatic heterocycles. The van der Waals surface area contributed by atoms with Gasteiger partial charge in [-0.2, -0.15) is 0 Å². The van der Waals surface area contributed by atoms with E-state index in [9.17, 15) is 4.79 Å². The van der Waals surface area contributed by atoms with Gasteiger partial charge in [-0.25, -0.2) is 4.98 Å². The van der Waals surface area contributed by atoms with Gasteiger partial charge in [0, 0.05) is 29.2 Å². The maximum Gasteiger partial charge on any atom is 0.254 e. The molecule has 88 valence electrons. The van der Waals surface area contributed by atoms with Crippen molar-refractivity contribution in [2.45, 2.75) is 6.54 Å². The molecule has 0 N–H and O–H groups in total. The fraction of sp³-hybridized carbons (Fsp3) is 0.167. The lowest BCUT2D eigenvalue weighted by molar-refractivity contribution is 0.0785. The highest BCUT2D eigenvalue weighted by Crippen LogP contribution is 2.14. The molecule has 0 spiro atoms. The molecule has 2 aromatic rings. The normalized spacial score (nSPS) is 10.2. The summed E-state index contributed by atoms with van der Waals surface area (Å²) in [6.07, 6.45) is 1.73. The highest BCUT2D eigenvalue weighted by atomic mass is 35.5. The fourth-order valence-corrected chi connectivity index (χ4v) is 2.31. The summed E-state index contributed by atoms with van der Waals surface area (Å²) in [5.41, 5.74) is 0.594. The maximum absolute atomic E-state index is 12.1. The van der Waals surface area contributed by atoms with Gasteiger partial charge >= 0.3 is 0 Å². The molecule has 0 atom stereocenters. The Bertz CT molecular complexity index is 513. The lowest BCUT2D eigenvalue weighted by atomic mass is 10.2. The second kappa shape index (κ2) is 5.29. The van der Waals surface area contributed by atoms with Crippen molar-refractivity contribution in [3.8, 4) is 0 Å². The van der Waals surface area contributed by atoms with Crippen LogP contribution in [0.25, 0.3) is 0 Å². The first-order valence-corrected chi connectivity index (χ1v) is 6.32. The summed E-state index contributed by atoms with van der Waals surface area (Å²) in [5.74, 6) is -0.0531. The summed E-state index contributed by atoms with van der Waals surface area (Å²) in [4.78, 5) is 17.8. The molecule has 0 saturated carbocycles. The molecule has 0 saturated heterocycles. The summed E-state index contributed by atoms with van der Waals surface area (Å²) < 4.78 is 0. The molecule has 17 heavy (non-hydrogen) atoms. The third kappa shape index (κ3) is 3.05. The number of nitrogens with zero attached hydrogens (tertiary/aromatic N) is 2. The van der Waals surface area contributed by atoms with Gasteiger partial charge in [-0.1, -0.05) is 17.7 Å². The monoisotopic (exact) mass is 266 g/mol. The van der Waals surface area contributed by atoms with Crippen molar-refractivity contribution in [2.75, 3.05) is 7.05 Å². The van der Waals surface area contributed by atoms with Crippen molar-refractivity contribution in [1.29, 1.82) is 0 Å². The van der Waals surface area contributed by atoms with Crippen molar-refractivity contribution in [1.82, 2.24) is 9.88 Å². The van der Waals surface area contributed by atoms with Crippen molar-refractivity contribution in [2.24, 2.45) is 0 Å². The molecule has 0 radical (unpaired) electrons. The van der Waals surface area contributed by atoms with Crippen molar-refractivity contribution >= 4 is 28.8 Å². The van der Waals surface area contributed by atoms with E-state index in [-0.39, 0.29) is 5.91 Å². The van der Waals surface area contributed by atoms with Crippen LogP contribution in [0.4, 0.5) is 0 Å². The smallest absolute Gasteiger partial charge is 0.254 e. The average molecular weight is 267 g/mol. The molecule has 2 rings (SSSR count). The zero-order chi connectivity index (χ0) is 12.3. The number of benzene rings is 1. The highest BCUT2D eigenvalue weighted by molar-refractivity contribution is 7.09. The molecule has 1 heterocycles. The summed E-state index contributed by atoms with van der Waals surface area (Å²) >= 11 is 7.39. The summed E-state index contributed by atoms with van der Waals surface area (Å²) in [6, 6.07) is 6.95. The lowest BCUT2D eigenvalue weighted by Crippen LogP contribution is -2.26. The van der Waals surface area contributed by atoms with Gasteiger partial charge < -0.3 is 4.90 Å². The van der Waals surface area contributed by atoms with Crippen LogP contribution in [-0.2, 0) is 6.54 Å². The lowest BCUT2D eigenvalue weighted by Gasteiger charge is -2.15. The Kier molecular flexibility index (Phi) is 3.76. The Morgan fingerprint density at radius 3 is 3.00 bits per heavy atom. The van der Waals surface area contributed by atoms with Gasteiger partial charge in [0.1, 0.15) is 5.01 Å². The van der Waals surface area contributed by atoms with Gasteiger partial charge in [0.05, 0.1) is 6.54 Å². The minimum absolute atomic E-state index is 0.0531. The topological polar surface area (TPSA) is 33.2 Å². The average Bonchev–Trinajstić information content (AvgIpc) is 2.80. The van der Waals surface area contributed by atoms with E-state index in [4.69, 9.17) is 11.6 Å². The SMILES string of the molecule is CN(Cc1nccs1)C(=O)c1cccc(Cl)c1. The minimum atomic E-state index is -0.0531. The van der Waals surface area contributed by atoms with Gasteiger partial charge in [0.15, 0.2) is 0 Å². The van der Waals surface area contributed by atoms with Crippen LogP contribution in [0.5, 0.6) is 0 Å². The molecule has 0 unspecified atom stereocenters. The van der Waals surface area contributed by atoms with Crippen LogP contribution in [0.3, 0.4) is 0 Å². The summed E-state index contributed by atoms with van der Waals surface area (Å²) in [7, 11) is 1.75. The van der Waals surface area contributed by atoms with Gasteiger partial charge in [-0.05, 0) is 18.2 Å². The van der Waals surface area contributed by atoms with E-state index in [1.54, 1.807) is 42.4 Å². The number of carbonyl (C=O) groups is 1. The zero-order valence-corrected chi connectivity index (χ0v) is 10.8. The Morgan fingerprint density at radius 1 is 1.53 bits per heavy atom. The second-order valence-electron chi connectivity index (χ2n) is 3.60. The quantitative estimate of drug-likeness (QED) is 0.855. The number of halogens is 1. The maximum atomic E-state index is 12.1. The molecule has 1 aromatic carbocycles. The van der Waals surface area contributed by atoms with E-state index < -0.39 is 0 Å². The zero-order valence-electron chi connectivity index (χ0n) is 9.26. The number of carbonyl (C=O) groups excluding carboxylic acids is 1. The van der Waals surface area contributed by atoms with Gasteiger partial charge in [0.2, 0.25) is 0 Å². The van der Waals surface area contributed by atoms with E-state index in [0.717, 1.165) is 5.01 Å². The number of hydrogen-bond donors (Lipinski definition) is 0. The Morgan fingerprint density at radius 2 is 2.35 bits per heavy atom. The number of aromatic nitrogens is 1. The van der Waals surface area contributed by atoms with E-state index >= 15 is 0 Å². The van der Waals surface area contributed by atoms with Crippen LogP contribution in [-0.4, -0.2) is 22.8 Å². The summed E-state index contributed by atoms with van der Waals surface area (Å²) in [6.45, 7) is 0.517. The first-order chi connectivity index (χ1) is 8.16. The molecular weight excluding hydrogens is 256 g/mol. The number of hydrogen-bond acceptors (Lipinski definition) is 3. The third-order valence-corrected chi connectivity index (χ3v) is 3.27. The van der Waals surface area contributed by atoms with Crippen molar-refractivity contribution in [3.05, 3.63) is 51.4 Å². The number of thiazole rings is 1. The number of rotatable bonds is 3. The van der Waals surface area contributed by atoms with Crippen LogP contribution in [0, 0.1) is 0 Å². The molecule has 0 aliphatic carbocycles. The van der Waals surface area contributed by atoms with E-state index in [2.05, 4.69) is 4.98 Å². The van der Waals surface area contributed by atoms with Gasteiger partial charge in [0.25, 0.3) is 5.91 Å². The van der Waals surface area contributed by atoms with E-state index in [1.165, 1.54) is 11.3 Å². The Labute approximate surface area is 109 Å². The molecule has 1 amide bonds. The second-order valence-corrected chi connectivity index (χ2v) is 5.01. The molecule has 3 nitrogen and oxygen atoms in total.